The van der Waals surface area contributed by atoms with Crippen molar-refractivity contribution in [3.63, 3.8) is 0 Å². The van der Waals surface area contributed by atoms with E-state index in [-0.39, 0.29) is 18.9 Å². The van der Waals surface area contributed by atoms with E-state index in [1.165, 1.54) is 0 Å². The Morgan fingerprint density at radius 3 is 1.27 bits per heavy atom. The van der Waals surface area contributed by atoms with Crippen LogP contribution in [0.15, 0.2) is 0 Å². The summed E-state index contributed by atoms with van der Waals surface area (Å²) in [6.07, 6.45) is 0. The Labute approximate surface area is 86.0 Å². The van der Waals surface area contributed by atoms with Crippen LogP contribution >= 0.6 is 0 Å². The van der Waals surface area contributed by atoms with Crippen molar-refractivity contribution in [2.24, 2.45) is 0 Å². The molecule has 0 saturated carbocycles. The second-order valence-electron chi connectivity index (χ2n) is 1.65. The molecule has 0 aromatic carbocycles. The quantitative estimate of drug-likeness (QED) is 0.434. The fraction of sp³-hybridized carbons (Fsp3) is 1.00. The zero-order valence-electron chi connectivity index (χ0n) is 7.92. The van der Waals surface area contributed by atoms with E-state index in [2.05, 4.69) is 0 Å². The number of rotatable bonds is 6. The van der Waals surface area contributed by atoms with Crippen molar-refractivity contribution in [1.82, 2.24) is 0 Å². The third-order valence-corrected chi connectivity index (χ3v) is 2.72. The second-order valence-corrected chi connectivity index (χ2v) is 3.23. The fourth-order valence-electron chi connectivity index (χ4n) is 0.553. The van der Waals surface area contributed by atoms with Gasteiger partial charge in [-0.2, -0.15) is 0 Å². The Morgan fingerprint density at radius 2 is 1.09 bits per heavy atom. The van der Waals surface area contributed by atoms with Gasteiger partial charge in [0.1, 0.15) is 0 Å². The van der Waals surface area contributed by atoms with E-state index in [0.29, 0.717) is 19.8 Å². The molecule has 0 N–H and O–H groups in total. The molecule has 0 unspecified atom stereocenters. The molecule has 0 spiro atoms. The molecule has 0 aromatic heterocycles. The molecule has 1 radical (unpaired) electrons. The van der Waals surface area contributed by atoms with Gasteiger partial charge >= 0.3 is 34.0 Å². The summed E-state index contributed by atoms with van der Waals surface area (Å²) in [7, 11) is 0. The first-order chi connectivity index (χ1) is 4.85. The molecule has 0 aliphatic heterocycles. The summed E-state index contributed by atoms with van der Waals surface area (Å²) in [5, 5.41) is 0. The average Bonchev–Trinajstić information content (AvgIpc) is 1.90. The Bertz CT molecular complexity index is 60.6. The zero-order valence-corrected chi connectivity index (χ0v) is 9.08. The SMILES string of the molecule is CC[O][Al-]([O]CC)[O]CC.[Li+]. The minimum Gasteiger partial charge on any atom is -0.634 e. The minimum absolute atomic E-state index is 0. The monoisotopic (exact) mass is 169 g/mol. The topological polar surface area (TPSA) is 27.7 Å². The van der Waals surface area contributed by atoms with Gasteiger partial charge in [-0.3, -0.25) is 0 Å². The molecule has 0 heterocycles. The van der Waals surface area contributed by atoms with Crippen LogP contribution in [0.1, 0.15) is 20.8 Å². The van der Waals surface area contributed by atoms with Crippen LogP contribution in [0.3, 0.4) is 0 Å². The van der Waals surface area contributed by atoms with E-state index in [9.17, 15) is 0 Å². The van der Waals surface area contributed by atoms with E-state index >= 15 is 0 Å². The zero-order chi connectivity index (χ0) is 7.82. The van der Waals surface area contributed by atoms with E-state index < -0.39 is 15.1 Å². The first-order valence-corrected chi connectivity index (χ1v) is 5.11. The molecule has 11 heavy (non-hydrogen) atoms. The van der Waals surface area contributed by atoms with Crippen LogP contribution in [-0.4, -0.2) is 35.0 Å². The van der Waals surface area contributed by atoms with Crippen molar-refractivity contribution in [3.8, 4) is 0 Å². The number of hydrogen-bond donors (Lipinski definition) is 0. The summed E-state index contributed by atoms with van der Waals surface area (Å²) in [5.74, 6) is 0. The molecular weight excluding hydrogens is 154 g/mol. The summed E-state index contributed by atoms with van der Waals surface area (Å²) >= 11 is -1.73. The third-order valence-electron chi connectivity index (χ3n) is 0.908. The first-order valence-electron chi connectivity index (χ1n) is 3.69. The largest absolute Gasteiger partial charge is 1.00 e. The molecule has 0 bridgehead atoms. The Kier molecular flexibility index (Phi) is 14.5. The predicted molar refractivity (Wildman–Crippen MR) is 40.6 cm³/mol. The Hall–Kier alpha value is 1.01. The van der Waals surface area contributed by atoms with Crippen LogP contribution in [0, 0.1) is 0 Å². The van der Waals surface area contributed by atoms with Gasteiger partial charge in [-0.15, -0.1) is 0 Å². The van der Waals surface area contributed by atoms with Crippen molar-refractivity contribution in [2.45, 2.75) is 20.8 Å². The molecule has 0 atom stereocenters. The maximum Gasteiger partial charge on any atom is 1.00 e. The van der Waals surface area contributed by atoms with Gasteiger partial charge in [-0.1, -0.05) is 0 Å². The van der Waals surface area contributed by atoms with Crippen molar-refractivity contribution in [1.29, 1.82) is 0 Å². The predicted octanol–water partition coefficient (Wildman–Crippen LogP) is -1.92. The molecule has 61 valence electrons. The maximum atomic E-state index is 5.22. The van der Waals surface area contributed by atoms with Gasteiger partial charge in [0.05, 0.1) is 0 Å². The van der Waals surface area contributed by atoms with Gasteiger partial charge < -0.3 is 11.4 Å². The van der Waals surface area contributed by atoms with Crippen LogP contribution in [0.2, 0.25) is 0 Å². The molecule has 0 aliphatic carbocycles. The number of hydrogen-bond acceptors (Lipinski definition) is 3. The summed E-state index contributed by atoms with van der Waals surface area (Å²) in [6, 6.07) is 0. The summed E-state index contributed by atoms with van der Waals surface area (Å²) < 4.78 is 15.7. The van der Waals surface area contributed by atoms with E-state index in [0.717, 1.165) is 0 Å². The normalized spacial score (nSPS) is 9.82. The van der Waals surface area contributed by atoms with Gasteiger partial charge in [-0.25, -0.2) is 0 Å². The van der Waals surface area contributed by atoms with Crippen LogP contribution in [0.4, 0.5) is 0 Å². The van der Waals surface area contributed by atoms with Gasteiger partial charge in [0, 0.05) is 0 Å². The van der Waals surface area contributed by atoms with Gasteiger partial charge in [-0.05, 0) is 40.6 Å². The Balaban J connectivity index is 0. The van der Waals surface area contributed by atoms with Crippen molar-refractivity contribution in [2.75, 3.05) is 19.8 Å². The average molecular weight is 169 g/mol. The molecule has 0 aliphatic rings. The van der Waals surface area contributed by atoms with Crippen molar-refractivity contribution < 1.29 is 30.2 Å². The van der Waals surface area contributed by atoms with Gasteiger partial charge in [0.2, 0.25) is 0 Å². The summed E-state index contributed by atoms with van der Waals surface area (Å²) in [6.45, 7) is 7.86. The van der Waals surface area contributed by atoms with Crippen molar-refractivity contribution >= 4 is 15.1 Å². The second kappa shape index (κ2) is 11.0. The van der Waals surface area contributed by atoms with E-state index in [4.69, 9.17) is 11.4 Å². The molecule has 0 rings (SSSR count). The molecule has 0 aromatic rings. The van der Waals surface area contributed by atoms with Crippen LogP contribution in [0.25, 0.3) is 0 Å². The summed E-state index contributed by atoms with van der Waals surface area (Å²) in [5.41, 5.74) is 0. The van der Waals surface area contributed by atoms with E-state index in [1.807, 2.05) is 20.8 Å². The van der Waals surface area contributed by atoms with E-state index in [1.54, 1.807) is 0 Å². The molecule has 5 heteroatoms. The molecular formula is C6H15AlLiO3. The molecule has 3 nitrogen and oxygen atoms in total. The standard InChI is InChI=1S/3C2H5O.Al.Li/c3*1-2-3;;/h3*2H2,1H3;;/q3*-1;+2;+1. The Morgan fingerprint density at radius 1 is 0.818 bits per heavy atom. The maximum absolute atomic E-state index is 5.22. The molecule has 0 amide bonds. The molecule has 0 saturated heterocycles. The summed E-state index contributed by atoms with van der Waals surface area (Å²) in [4.78, 5) is 0. The third kappa shape index (κ3) is 8.92. The van der Waals surface area contributed by atoms with Crippen LogP contribution in [0.5, 0.6) is 0 Å². The van der Waals surface area contributed by atoms with Crippen LogP contribution < -0.4 is 18.9 Å². The van der Waals surface area contributed by atoms with Gasteiger partial charge in [0.25, 0.3) is 0 Å². The first kappa shape index (κ1) is 14.5. The minimum atomic E-state index is -1.73. The van der Waals surface area contributed by atoms with Crippen LogP contribution in [-0.2, 0) is 11.4 Å². The molecule has 0 fully saturated rings. The van der Waals surface area contributed by atoms with Crippen molar-refractivity contribution in [3.05, 3.63) is 0 Å². The fourth-order valence-corrected chi connectivity index (χ4v) is 1.66. The smallest absolute Gasteiger partial charge is 0.634 e. The van der Waals surface area contributed by atoms with Gasteiger partial charge in [0.15, 0.2) is 0 Å².